The molecule has 0 unspecified atom stereocenters. The second-order valence-electron chi connectivity index (χ2n) is 15.7. The summed E-state index contributed by atoms with van der Waals surface area (Å²) in [5, 5.41) is 8.84. The molecular formula is C51H46IrN2SSi-2. The number of hydrogen-bond acceptors (Lipinski definition) is 3. The first-order valence-corrected chi connectivity index (χ1v) is 23.2. The third-order valence-corrected chi connectivity index (χ3v) is 13.5. The van der Waals surface area contributed by atoms with E-state index >= 15 is 0 Å². The molecule has 0 aliphatic rings. The zero-order chi connectivity index (χ0) is 40.1. The van der Waals surface area contributed by atoms with Gasteiger partial charge in [0, 0.05) is 39.9 Å². The summed E-state index contributed by atoms with van der Waals surface area (Å²) < 4.78 is 19.4. The molecule has 0 bridgehead atoms. The van der Waals surface area contributed by atoms with Gasteiger partial charge in [-0.05, 0) is 78.2 Å². The van der Waals surface area contributed by atoms with Crippen molar-refractivity contribution >= 4 is 66.3 Å². The molecule has 0 saturated carbocycles. The number of fused-ring (bicyclic) bond motifs is 6. The van der Waals surface area contributed by atoms with E-state index in [1.165, 1.54) is 58.0 Å². The molecule has 0 spiro atoms. The molecule has 0 amide bonds. The van der Waals surface area contributed by atoms with Gasteiger partial charge in [0.25, 0.3) is 0 Å². The minimum absolute atomic E-state index is 0. The molecule has 9 aromatic rings. The Morgan fingerprint density at radius 3 is 2.16 bits per heavy atom. The summed E-state index contributed by atoms with van der Waals surface area (Å²) in [6.07, 6.45) is 3.80. The Balaban J connectivity index is 0.000000208. The molecule has 6 aromatic carbocycles. The topological polar surface area (TPSA) is 25.8 Å². The van der Waals surface area contributed by atoms with Crippen molar-refractivity contribution in [3.63, 3.8) is 0 Å². The number of thiophene rings is 1. The molecule has 0 aliphatic carbocycles. The summed E-state index contributed by atoms with van der Waals surface area (Å²) in [5.74, 6) is -1.30. The van der Waals surface area contributed by atoms with Crippen molar-refractivity contribution in [1.29, 1.82) is 0 Å². The number of benzene rings is 6. The number of rotatable bonds is 6. The zero-order valence-electron chi connectivity index (χ0n) is 34.9. The minimum atomic E-state index is -1.50. The van der Waals surface area contributed by atoms with Crippen LogP contribution in [0.15, 0.2) is 140 Å². The monoisotopic (exact) mass is 941 g/mol. The van der Waals surface area contributed by atoms with Crippen LogP contribution in [0.5, 0.6) is 0 Å². The van der Waals surface area contributed by atoms with Gasteiger partial charge < -0.3 is 9.97 Å². The molecule has 3 aromatic heterocycles. The predicted octanol–water partition coefficient (Wildman–Crippen LogP) is 14.2. The summed E-state index contributed by atoms with van der Waals surface area (Å²) in [6.45, 7) is 14.6. The van der Waals surface area contributed by atoms with Gasteiger partial charge in [-0.2, -0.15) is 11.3 Å². The molecule has 1 radical (unpaired) electrons. The van der Waals surface area contributed by atoms with E-state index in [4.69, 9.17) is 7.73 Å². The Morgan fingerprint density at radius 1 is 0.679 bits per heavy atom. The van der Waals surface area contributed by atoms with E-state index in [0.29, 0.717) is 0 Å². The van der Waals surface area contributed by atoms with E-state index in [1.807, 2.05) is 81.8 Å². The van der Waals surface area contributed by atoms with Gasteiger partial charge in [-0.3, -0.25) is 0 Å². The van der Waals surface area contributed by atoms with Gasteiger partial charge >= 0.3 is 0 Å². The number of aromatic nitrogens is 2. The smallest absolute Gasteiger partial charge is 0.0799 e. The minimum Gasteiger partial charge on any atom is -0.305 e. The van der Waals surface area contributed by atoms with E-state index in [9.17, 15) is 0 Å². The molecule has 3 heterocycles. The molecule has 0 saturated heterocycles. The molecule has 0 atom stereocenters. The van der Waals surface area contributed by atoms with Crippen LogP contribution in [0.4, 0.5) is 0 Å². The first kappa shape index (κ1) is 36.8. The largest absolute Gasteiger partial charge is 0.305 e. The van der Waals surface area contributed by atoms with Crippen molar-refractivity contribution in [1.82, 2.24) is 9.97 Å². The average Bonchev–Trinajstić information content (AvgIpc) is 3.58. The van der Waals surface area contributed by atoms with E-state index < -0.39 is 19.9 Å². The van der Waals surface area contributed by atoms with E-state index in [0.717, 1.165) is 33.6 Å². The Bertz CT molecular complexity index is 2910. The summed E-state index contributed by atoms with van der Waals surface area (Å²) in [4.78, 5) is 9.34. The van der Waals surface area contributed by atoms with Crippen molar-refractivity contribution in [3.8, 4) is 33.6 Å². The first-order valence-electron chi connectivity index (χ1n) is 19.9. The fraction of sp³-hybridized carbons (Fsp3) is 0.176. The number of nitrogens with zero attached hydrogens (tertiary/aromatic N) is 2. The second kappa shape index (κ2) is 16.4. The molecule has 281 valence electrons. The predicted molar refractivity (Wildman–Crippen MR) is 242 cm³/mol. The normalized spacial score (nSPS) is 12.6. The fourth-order valence-corrected chi connectivity index (χ4v) is 10.2. The maximum absolute atomic E-state index is 8.54. The quantitative estimate of drug-likeness (QED) is 0.0943. The van der Waals surface area contributed by atoms with E-state index in [2.05, 4.69) is 134 Å². The maximum atomic E-state index is 8.54. The van der Waals surface area contributed by atoms with Crippen LogP contribution in [0, 0.1) is 12.1 Å². The van der Waals surface area contributed by atoms with Crippen LogP contribution < -0.4 is 5.19 Å². The average molecular weight is 941 g/mol. The van der Waals surface area contributed by atoms with Crippen LogP contribution in [-0.4, -0.2) is 18.0 Å². The van der Waals surface area contributed by atoms with Gasteiger partial charge in [-0.15, -0.1) is 53.6 Å². The second-order valence-corrected chi connectivity index (χ2v) is 21.8. The van der Waals surface area contributed by atoms with Crippen LogP contribution in [0.2, 0.25) is 19.6 Å². The third-order valence-electron chi connectivity index (χ3n) is 10.3. The Labute approximate surface area is 352 Å². The zero-order valence-corrected chi connectivity index (χ0v) is 37.1. The summed E-state index contributed by atoms with van der Waals surface area (Å²) in [5.41, 5.74) is 8.16. The summed E-state index contributed by atoms with van der Waals surface area (Å²) in [6, 6.07) is 51.2. The Hall–Kier alpha value is -4.77. The van der Waals surface area contributed by atoms with Crippen LogP contribution in [0.1, 0.15) is 53.4 Å². The molecule has 56 heavy (non-hydrogen) atoms. The fourth-order valence-electron chi connectivity index (χ4n) is 7.40. The van der Waals surface area contributed by atoms with E-state index in [1.54, 1.807) is 0 Å². The number of pyridine rings is 2. The Kier molecular flexibility index (Phi) is 10.8. The van der Waals surface area contributed by atoms with Crippen molar-refractivity contribution in [2.75, 3.05) is 0 Å². The van der Waals surface area contributed by atoms with Gasteiger partial charge in [-0.1, -0.05) is 154 Å². The van der Waals surface area contributed by atoms with Crippen molar-refractivity contribution < 1.29 is 22.8 Å². The molecular weight excluding hydrogens is 893 g/mol. The van der Waals surface area contributed by atoms with Crippen LogP contribution in [-0.2, 0) is 20.1 Å². The SMILES string of the molecule is [2H]C(C)(C)c1cc(-c2[c-]cccc2)ncc1[Si](C)(C)C.[2H]C(C)(C)c1ccnc(-c2[c-]cc(-c3ccccc3)c3c2sc2cc4c(ccc5ccccc54)cc23)c1.[Ir]. The Morgan fingerprint density at radius 2 is 1.43 bits per heavy atom. The first-order chi connectivity index (χ1) is 27.2. The molecule has 0 aliphatic heterocycles. The molecule has 0 N–H and O–H groups in total. The van der Waals surface area contributed by atoms with E-state index in [-0.39, 0.29) is 20.1 Å². The maximum Gasteiger partial charge on any atom is 0.0799 e. The standard InChI is InChI=1S/C34H24NS.C17H22NSi.Ir/c1-21(2)24-16-17-35-31(19-24)28-15-14-27(22-8-4-3-5-9-22)33-30-18-25-13-12-23-10-6-7-11-26(23)29(25)20-32(30)36-34(28)33;1-13(2)15-11-16(14-9-7-6-8-10-14)18-12-17(15)19(3,4)5;/h3-14,16-21H,1-2H3;6-9,11-13H,1-5H3;/q2*-1;/i21D;13D;. The van der Waals surface area contributed by atoms with Crippen LogP contribution in [0.25, 0.3) is 75.4 Å². The molecule has 5 heteroatoms. The van der Waals surface area contributed by atoms with Crippen molar-refractivity contribution in [3.05, 3.63) is 163 Å². The summed E-state index contributed by atoms with van der Waals surface area (Å²) in [7, 11) is -1.50. The number of hydrogen-bond donors (Lipinski definition) is 0. The summed E-state index contributed by atoms with van der Waals surface area (Å²) >= 11 is 1.81. The van der Waals surface area contributed by atoms with Gasteiger partial charge in [0.05, 0.1) is 8.07 Å². The molecule has 2 nitrogen and oxygen atoms in total. The third kappa shape index (κ3) is 7.79. The van der Waals surface area contributed by atoms with Crippen molar-refractivity contribution in [2.24, 2.45) is 0 Å². The van der Waals surface area contributed by atoms with Gasteiger partial charge in [0.15, 0.2) is 0 Å². The van der Waals surface area contributed by atoms with Gasteiger partial charge in [-0.25, -0.2) is 0 Å². The van der Waals surface area contributed by atoms with Crippen LogP contribution in [0.3, 0.4) is 0 Å². The van der Waals surface area contributed by atoms with Crippen molar-refractivity contribution in [2.45, 2.75) is 59.1 Å². The molecule has 0 fully saturated rings. The van der Waals surface area contributed by atoms with Gasteiger partial charge in [0.2, 0.25) is 0 Å². The van der Waals surface area contributed by atoms with Crippen LogP contribution >= 0.6 is 11.3 Å². The van der Waals surface area contributed by atoms with Gasteiger partial charge in [0.1, 0.15) is 0 Å². The molecule has 9 rings (SSSR count).